The summed E-state index contributed by atoms with van der Waals surface area (Å²) in [7, 11) is 0. The van der Waals surface area contributed by atoms with Crippen molar-refractivity contribution in [3.8, 4) is 0 Å². The number of aliphatic hydroxyl groups is 4. The molecule has 0 spiro atoms. The van der Waals surface area contributed by atoms with Crippen molar-refractivity contribution < 1.29 is 29.9 Å². The Kier molecular flexibility index (Phi) is 17.0. The normalized spacial score (nSPS) is 26.9. The van der Waals surface area contributed by atoms with Gasteiger partial charge in [0.05, 0.1) is 6.61 Å². The third kappa shape index (κ3) is 12.0. The van der Waals surface area contributed by atoms with Gasteiger partial charge in [-0.05, 0) is 6.42 Å². The molecule has 1 rings (SSSR count). The molecule has 0 amide bonds. The summed E-state index contributed by atoms with van der Waals surface area (Å²) >= 11 is 0. The van der Waals surface area contributed by atoms with E-state index in [1.807, 2.05) is 0 Å². The summed E-state index contributed by atoms with van der Waals surface area (Å²) in [6, 6.07) is 0. The molecule has 0 saturated carbocycles. The maximum Gasteiger partial charge on any atom is 0.186 e. The maximum absolute atomic E-state index is 9.91. The van der Waals surface area contributed by atoms with Crippen LogP contribution in [0.5, 0.6) is 0 Å². The third-order valence-electron chi connectivity index (χ3n) is 6.13. The number of unbranched alkanes of at least 4 members (excludes halogenated alkanes) is 15. The lowest BCUT2D eigenvalue weighted by atomic mass is 9.99. The van der Waals surface area contributed by atoms with Gasteiger partial charge in [0.25, 0.3) is 0 Å². The second kappa shape index (κ2) is 18.3. The predicted molar refractivity (Wildman–Crippen MR) is 119 cm³/mol. The number of rotatable bonds is 19. The summed E-state index contributed by atoms with van der Waals surface area (Å²) in [5.74, 6) is 0. The topological polar surface area (TPSA) is 99.4 Å². The van der Waals surface area contributed by atoms with Crippen LogP contribution in [0.15, 0.2) is 0 Å². The molecular weight excluding hydrogens is 384 g/mol. The zero-order valence-electron chi connectivity index (χ0n) is 19.2. The van der Waals surface area contributed by atoms with Crippen molar-refractivity contribution in [3.05, 3.63) is 0 Å². The molecule has 6 heteroatoms. The molecule has 0 aromatic carbocycles. The summed E-state index contributed by atoms with van der Waals surface area (Å²) in [6.45, 7) is 2.27. The maximum atomic E-state index is 9.91. The summed E-state index contributed by atoms with van der Waals surface area (Å²) < 4.78 is 10.8. The summed E-state index contributed by atoms with van der Waals surface area (Å²) in [4.78, 5) is 0. The minimum Gasteiger partial charge on any atom is -0.394 e. The van der Waals surface area contributed by atoms with Crippen LogP contribution in [0.1, 0.15) is 110 Å². The molecule has 5 atom stereocenters. The Morgan fingerprint density at radius 1 is 0.600 bits per heavy atom. The molecule has 6 nitrogen and oxygen atoms in total. The van der Waals surface area contributed by atoms with Crippen molar-refractivity contribution in [2.75, 3.05) is 13.2 Å². The standard InChI is InChI=1S/C24H48O6/c1-2-3-4-5-6-7-8-9-10-11-12-13-14-15-16-17-18-29-24-23(28)22(27)21(26)20(19-25)30-24/h20-28H,2-19H2,1H3/t20-,21-,22+,23-,24+/m0/s1. The molecule has 0 unspecified atom stereocenters. The monoisotopic (exact) mass is 432 g/mol. The molecule has 1 fully saturated rings. The average molecular weight is 433 g/mol. The van der Waals surface area contributed by atoms with Crippen molar-refractivity contribution in [2.24, 2.45) is 0 Å². The fraction of sp³-hybridized carbons (Fsp3) is 1.00. The largest absolute Gasteiger partial charge is 0.394 e. The van der Waals surface area contributed by atoms with Crippen LogP contribution in [-0.4, -0.2) is 64.3 Å². The lowest BCUT2D eigenvalue weighted by molar-refractivity contribution is -0.301. The third-order valence-corrected chi connectivity index (χ3v) is 6.13. The van der Waals surface area contributed by atoms with Gasteiger partial charge in [-0.25, -0.2) is 0 Å². The first kappa shape index (κ1) is 27.8. The molecule has 30 heavy (non-hydrogen) atoms. The van der Waals surface area contributed by atoms with Gasteiger partial charge in [-0.15, -0.1) is 0 Å². The van der Waals surface area contributed by atoms with Crippen molar-refractivity contribution in [2.45, 2.75) is 140 Å². The SMILES string of the molecule is CCCCCCCCCCCCCCCCCCO[C@@H]1O[C@@H](CO)[C@H](O)[C@@H](O)[C@@H]1O. The van der Waals surface area contributed by atoms with Gasteiger partial charge >= 0.3 is 0 Å². The highest BCUT2D eigenvalue weighted by Gasteiger charge is 2.43. The molecule has 0 aromatic heterocycles. The van der Waals surface area contributed by atoms with Crippen LogP contribution < -0.4 is 0 Å². The Hall–Kier alpha value is -0.240. The van der Waals surface area contributed by atoms with Crippen LogP contribution in [0.4, 0.5) is 0 Å². The van der Waals surface area contributed by atoms with Gasteiger partial charge in [-0.1, -0.05) is 103 Å². The van der Waals surface area contributed by atoms with Crippen LogP contribution in [0.2, 0.25) is 0 Å². The van der Waals surface area contributed by atoms with E-state index in [4.69, 9.17) is 9.47 Å². The van der Waals surface area contributed by atoms with Crippen molar-refractivity contribution in [1.82, 2.24) is 0 Å². The van der Waals surface area contributed by atoms with Gasteiger partial charge in [0, 0.05) is 6.61 Å². The van der Waals surface area contributed by atoms with E-state index in [-0.39, 0.29) is 0 Å². The summed E-state index contributed by atoms with van der Waals surface area (Å²) in [6.07, 6.45) is 15.0. The molecule has 0 aliphatic carbocycles. The van der Waals surface area contributed by atoms with Crippen LogP contribution in [0.3, 0.4) is 0 Å². The Balaban J connectivity index is 1.85. The van der Waals surface area contributed by atoms with E-state index in [1.165, 1.54) is 89.9 Å². The van der Waals surface area contributed by atoms with E-state index in [9.17, 15) is 20.4 Å². The van der Waals surface area contributed by atoms with Crippen LogP contribution in [0.25, 0.3) is 0 Å². The fourth-order valence-electron chi connectivity index (χ4n) is 4.05. The van der Waals surface area contributed by atoms with E-state index >= 15 is 0 Å². The van der Waals surface area contributed by atoms with Gasteiger partial charge < -0.3 is 29.9 Å². The van der Waals surface area contributed by atoms with Gasteiger partial charge in [0.1, 0.15) is 24.4 Å². The quantitative estimate of drug-likeness (QED) is 0.230. The first-order valence-electron chi connectivity index (χ1n) is 12.5. The molecule has 0 radical (unpaired) electrons. The van der Waals surface area contributed by atoms with Crippen LogP contribution in [-0.2, 0) is 9.47 Å². The highest BCUT2D eigenvalue weighted by Crippen LogP contribution is 2.22. The minimum atomic E-state index is -1.37. The number of hydrogen-bond donors (Lipinski definition) is 4. The molecule has 1 aliphatic rings. The van der Waals surface area contributed by atoms with Gasteiger partial charge in [-0.3, -0.25) is 0 Å². The van der Waals surface area contributed by atoms with E-state index in [1.54, 1.807) is 0 Å². The van der Waals surface area contributed by atoms with Crippen LogP contribution >= 0.6 is 0 Å². The molecule has 4 N–H and O–H groups in total. The number of aliphatic hydroxyl groups excluding tert-OH is 4. The molecule has 1 saturated heterocycles. The van der Waals surface area contributed by atoms with Gasteiger partial charge in [-0.2, -0.15) is 0 Å². The average Bonchev–Trinajstić information content (AvgIpc) is 2.75. The molecular formula is C24H48O6. The lowest BCUT2D eigenvalue weighted by Crippen LogP contribution is -2.59. The minimum absolute atomic E-state index is 0.427. The smallest absolute Gasteiger partial charge is 0.186 e. The first-order valence-corrected chi connectivity index (χ1v) is 12.5. The predicted octanol–water partition coefficient (Wildman–Crippen LogP) is 4.06. The van der Waals surface area contributed by atoms with E-state index in [2.05, 4.69) is 6.92 Å². The van der Waals surface area contributed by atoms with Gasteiger partial charge in [0.2, 0.25) is 0 Å². The Morgan fingerprint density at radius 2 is 1.03 bits per heavy atom. The summed E-state index contributed by atoms with van der Waals surface area (Å²) in [5, 5.41) is 38.6. The highest BCUT2D eigenvalue weighted by molar-refractivity contribution is 4.88. The second-order valence-electron chi connectivity index (χ2n) is 8.87. The number of ether oxygens (including phenoxy) is 2. The Labute approximate surface area is 184 Å². The summed E-state index contributed by atoms with van der Waals surface area (Å²) in [5.41, 5.74) is 0. The van der Waals surface area contributed by atoms with E-state index < -0.39 is 37.3 Å². The van der Waals surface area contributed by atoms with Crippen LogP contribution in [0, 0.1) is 0 Å². The van der Waals surface area contributed by atoms with E-state index in [0.29, 0.717) is 6.61 Å². The zero-order chi connectivity index (χ0) is 22.0. The number of hydrogen-bond acceptors (Lipinski definition) is 6. The van der Waals surface area contributed by atoms with Crippen molar-refractivity contribution in [3.63, 3.8) is 0 Å². The second-order valence-corrected chi connectivity index (χ2v) is 8.87. The Bertz CT molecular complexity index is 379. The molecule has 1 heterocycles. The highest BCUT2D eigenvalue weighted by atomic mass is 16.7. The fourth-order valence-corrected chi connectivity index (χ4v) is 4.05. The molecule has 0 aromatic rings. The molecule has 1 aliphatic heterocycles. The van der Waals surface area contributed by atoms with Gasteiger partial charge in [0.15, 0.2) is 6.29 Å². The Morgan fingerprint density at radius 3 is 1.47 bits per heavy atom. The van der Waals surface area contributed by atoms with Crippen molar-refractivity contribution in [1.29, 1.82) is 0 Å². The van der Waals surface area contributed by atoms with E-state index in [0.717, 1.165) is 12.8 Å². The first-order chi connectivity index (χ1) is 14.6. The molecule has 180 valence electrons. The zero-order valence-corrected chi connectivity index (χ0v) is 19.2. The lowest BCUT2D eigenvalue weighted by Gasteiger charge is -2.39. The van der Waals surface area contributed by atoms with Crippen molar-refractivity contribution >= 4 is 0 Å². The molecule has 0 bridgehead atoms.